The number of aromatic amines is 1. The van der Waals surface area contributed by atoms with Crippen LogP contribution in [0.3, 0.4) is 0 Å². The van der Waals surface area contributed by atoms with Crippen molar-refractivity contribution >= 4 is 10.0 Å². The first-order valence-corrected chi connectivity index (χ1v) is 5.60. The van der Waals surface area contributed by atoms with Gasteiger partial charge in [-0.15, -0.1) is 6.42 Å². The fraction of sp³-hybridized carbons (Fsp3) is 0.375. The smallest absolute Gasteiger partial charge is 0.260 e. The summed E-state index contributed by atoms with van der Waals surface area (Å²) in [4.78, 5) is 0. The number of hydrogen-bond acceptors (Lipinski definition) is 4. The van der Waals surface area contributed by atoms with E-state index < -0.39 is 10.0 Å². The maximum absolute atomic E-state index is 11.9. The molecule has 0 unspecified atom stereocenters. The number of aromatic nitrogens is 2. The molecule has 0 atom stereocenters. The lowest BCUT2D eigenvalue weighted by Crippen LogP contribution is -2.28. The summed E-state index contributed by atoms with van der Waals surface area (Å²) in [6, 6.07) is 0. The minimum atomic E-state index is -3.61. The van der Waals surface area contributed by atoms with Crippen LogP contribution in [0.5, 0.6) is 0 Å². The molecule has 1 aromatic heterocycles. The van der Waals surface area contributed by atoms with Crippen molar-refractivity contribution < 1.29 is 8.42 Å². The summed E-state index contributed by atoms with van der Waals surface area (Å²) in [5, 5.41) is 6.05. The highest BCUT2D eigenvalue weighted by Gasteiger charge is 2.24. The molecular formula is C8H12N4O2S. The fourth-order valence-corrected chi connectivity index (χ4v) is 2.23. The Morgan fingerprint density at radius 3 is 2.93 bits per heavy atom. The fourth-order valence-electron chi connectivity index (χ4n) is 1.04. The number of H-pyrrole nitrogens is 1. The Morgan fingerprint density at radius 2 is 2.40 bits per heavy atom. The molecule has 0 fully saturated rings. The van der Waals surface area contributed by atoms with Crippen LogP contribution in [0.25, 0.3) is 0 Å². The minimum Gasteiger partial charge on any atom is -0.326 e. The van der Waals surface area contributed by atoms with Gasteiger partial charge in [0.15, 0.2) is 5.03 Å². The highest BCUT2D eigenvalue weighted by atomic mass is 32.2. The first-order valence-electron chi connectivity index (χ1n) is 4.16. The van der Waals surface area contributed by atoms with Crippen LogP contribution in [0.1, 0.15) is 5.56 Å². The van der Waals surface area contributed by atoms with E-state index in [9.17, 15) is 8.42 Å². The number of nitrogens with two attached hydrogens (primary N) is 1. The van der Waals surface area contributed by atoms with Gasteiger partial charge in [0.05, 0.1) is 12.7 Å². The summed E-state index contributed by atoms with van der Waals surface area (Å²) in [6.45, 7) is 0.111. The number of sulfonamides is 1. The zero-order valence-electron chi connectivity index (χ0n) is 8.27. The molecular weight excluding hydrogens is 216 g/mol. The van der Waals surface area contributed by atoms with E-state index in [0.29, 0.717) is 5.56 Å². The second kappa shape index (κ2) is 4.44. The Labute approximate surface area is 88.5 Å². The Bertz CT molecular complexity index is 471. The van der Waals surface area contributed by atoms with Gasteiger partial charge in [-0.05, 0) is 0 Å². The summed E-state index contributed by atoms with van der Waals surface area (Å²) < 4.78 is 24.8. The molecule has 7 heteroatoms. The lowest BCUT2D eigenvalue weighted by Gasteiger charge is -2.13. The third kappa shape index (κ3) is 2.18. The summed E-state index contributed by atoms with van der Waals surface area (Å²) in [5.74, 6) is 2.25. The Kier molecular flexibility index (Phi) is 3.47. The first kappa shape index (κ1) is 11.7. The van der Waals surface area contributed by atoms with Gasteiger partial charge >= 0.3 is 0 Å². The van der Waals surface area contributed by atoms with Crippen molar-refractivity contribution in [1.29, 1.82) is 0 Å². The molecule has 1 aromatic rings. The average Bonchev–Trinajstić information content (AvgIpc) is 2.66. The number of nitrogens with zero attached hydrogens (tertiary/aromatic N) is 2. The quantitative estimate of drug-likeness (QED) is 0.655. The van der Waals surface area contributed by atoms with Gasteiger partial charge in [0.1, 0.15) is 0 Å². The number of nitrogens with one attached hydrogen (secondary N) is 1. The average molecular weight is 228 g/mol. The summed E-state index contributed by atoms with van der Waals surface area (Å²) in [5.41, 5.74) is 5.83. The second-order valence-corrected chi connectivity index (χ2v) is 4.88. The molecule has 0 aromatic carbocycles. The third-order valence-electron chi connectivity index (χ3n) is 1.88. The van der Waals surface area contributed by atoms with Crippen molar-refractivity contribution in [3.05, 3.63) is 11.8 Å². The molecule has 1 heterocycles. The SMILES string of the molecule is C#CCN(C)S(=O)(=O)c1[nH]ncc1CN. The second-order valence-electron chi connectivity index (χ2n) is 2.89. The molecule has 82 valence electrons. The van der Waals surface area contributed by atoms with Gasteiger partial charge in [0, 0.05) is 19.2 Å². The summed E-state index contributed by atoms with van der Waals surface area (Å²) >= 11 is 0. The van der Waals surface area contributed by atoms with E-state index in [2.05, 4.69) is 16.1 Å². The van der Waals surface area contributed by atoms with Crippen LogP contribution in [-0.4, -0.2) is 36.5 Å². The molecule has 0 aliphatic rings. The van der Waals surface area contributed by atoms with Crippen molar-refractivity contribution in [2.24, 2.45) is 5.73 Å². The van der Waals surface area contributed by atoms with Gasteiger partial charge in [0.25, 0.3) is 10.0 Å². The van der Waals surface area contributed by atoms with Gasteiger partial charge < -0.3 is 5.73 Å². The Balaban J connectivity index is 3.12. The van der Waals surface area contributed by atoms with E-state index in [1.165, 1.54) is 13.2 Å². The molecule has 0 aliphatic heterocycles. The van der Waals surface area contributed by atoms with E-state index >= 15 is 0 Å². The topological polar surface area (TPSA) is 92.1 Å². The third-order valence-corrected chi connectivity index (χ3v) is 3.70. The van der Waals surface area contributed by atoms with Crippen molar-refractivity contribution in [3.8, 4) is 12.3 Å². The van der Waals surface area contributed by atoms with E-state index in [-0.39, 0.29) is 18.1 Å². The molecule has 0 bridgehead atoms. The van der Waals surface area contributed by atoms with Crippen LogP contribution >= 0.6 is 0 Å². The molecule has 0 radical (unpaired) electrons. The maximum Gasteiger partial charge on any atom is 0.260 e. The van der Waals surface area contributed by atoms with Crippen LogP contribution in [0, 0.1) is 12.3 Å². The highest BCUT2D eigenvalue weighted by molar-refractivity contribution is 7.89. The molecule has 6 nitrogen and oxygen atoms in total. The van der Waals surface area contributed by atoms with Gasteiger partial charge in [0.2, 0.25) is 0 Å². The van der Waals surface area contributed by atoms with E-state index in [1.807, 2.05) is 0 Å². The minimum absolute atomic E-state index is 0.00255. The van der Waals surface area contributed by atoms with Crippen molar-refractivity contribution in [2.45, 2.75) is 11.6 Å². The summed E-state index contributed by atoms with van der Waals surface area (Å²) in [6.07, 6.45) is 6.43. The maximum atomic E-state index is 11.9. The van der Waals surface area contributed by atoms with Gasteiger partial charge in [-0.3, -0.25) is 5.10 Å². The van der Waals surface area contributed by atoms with E-state index in [1.54, 1.807) is 0 Å². The zero-order chi connectivity index (χ0) is 11.5. The predicted molar refractivity (Wildman–Crippen MR) is 55.1 cm³/mol. The molecule has 15 heavy (non-hydrogen) atoms. The largest absolute Gasteiger partial charge is 0.326 e. The Hall–Kier alpha value is -1.36. The molecule has 0 spiro atoms. The van der Waals surface area contributed by atoms with Gasteiger partial charge in [-0.25, -0.2) is 8.42 Å². The van der Waals surface area contributed by atoms with Crippen LogP contribution in [0.4, 0.5) is 0 Å². The Morgan fingerprint density at radius 1 is 1.73 bits per heavy atom. The highest BCUT2D eigenvalue weighted by Crippen LogP contribution is 2.15. The standard InChI is InChI=1S/C8H12N4O2S/c1-3-4-12(2)15(13,14)8-7(5-9)6-10-11-8/h1,6H,4-5,9H2,2H3,(H,10,11). The first-order chi connectivity index (χ1) is 7.04. The normalized spacial score (nSPS) is 11.6. The molecule has 0 amide bonds. The number of hydrogen-bond donors (Lipinski definition) is 2. The molecule has 0 aliphatic carbocycles. The predicted octanol–water partition coefficient (Wildman–Crippen LogP) is -0.878. The molecule has 1 rings (SSSR count). The van der Waals surface area contributed by atoms with Gasteiger partial charge in [-0.1, -0.05) is 5.92 Å². The zero-order valence-corrected chi connectivity index (χ0v) is 9.08. The van der Waals surface area contributed by atoms with Crippen molar-refractivity contribution in [1.82, 2.24) is 14.5 Å². The lowest BCUT2D eigenvalue weighted by atomic mass is 10.4. The van der Waals surface area contributed by atoms with Gasteiger partial charge in [-0.2, -0.15) is 9.40 Å². The van der Waals surface area contributed by atoms with Crippen LogP contribution in [-0.2, 0) is 16.6 Å². The molecule has 0 saturated heterocycles. The molecule has 0 saturated carbocycles. The molecule has 3 N–H and O–H groups in total. The van der Waals surface area contributed by atoms with E-state index in [4.69, 9.17) is 12.2 Å². The number of rotatable bonds is 4. The number of terminal acetylenes is 1. The van der Waals surface area contributed by atoms with Crippen molar-refractivity contribution in [3.63, 3.8) is 0 Å². The van der Waals surface area contributed by atoms with Crippen molar-refractivity contribution in [2.75, 3.05) is 13.6 Å². The van der Waals surface area contributed by atoms with Crippen LogP contribution in [0.15, 0.2) is 11.2 Å². The monoisotopic (exact) mass is 228 g/mol. The van der Waals surface area contributed by atoms with Crippen LogP contribution < -0.4 is 5.73 Å². The van der Waals surface area contributed by atoms with E-state index in [0.717, 1.165) is 4.31 Å². The lowest BCUT2D eigenvalue weighted by molar-refractivity contribution is 0.498. The van der Waals surface area contributed by atoms with Crippen LogP contribution in [0.2, 0.25) is 0 Å². The summed E-state index contributed by atoms with van der Waals surface area (Å²) in [7, 11) is -2.21.